The maximum absolute atomic E-state index is 4.28. The van der Waals surface area contributed by atoms with Gasteiger partial charge in [-0.3, -0.25) is 9.97 Å². The lowest BCUT2D eigenvalue weighted by atomic mass is 10.1. The molecule has 2 aromatic heterocycles. The van der Waals surface area contributed by atoms with Crippen molar-refractivity contribution in [1.82, 2.24) is 15.3 Å². The van der Waals surface area contributed by atoms with Crippen LogP contribution in [0.1, 0.15) is 19.4 Å². The molecule has 0 spiro atoms. The Bertz CT molecular complexity index is 466. The fourth-order valence-corrected chi connectivity index (χ4v) is 1.61. The summed E-state index contributed by atoms with van der Waals surface area (Å²) in [5.74, 6) is 0. The second kappa shape index (κ2) is 5.55. The highest BCUT2D eigenvalue weighted by molar-refractivity contribution is 5.62. The first kappa shape index (κ1) is 11.7. The average Bonchev–Trinajstić information content (AvgIpc) is 2.38. The van der Waals surface area contributed by atoms with Gasteiger partial charge in [0.15, 0.2) is 0 Å². The number of aromatic nitrogens is 2. The Morgan fingerprint density at radius 2 is 1.82 bits per heavy atom. The van der Waals surface area contributed by atoms with Crippen LogP contribution in [0, 0.1) is 0 Å². The molecule has 1 N–H and O–H groups in total. The summed E-state index contributed by atoms with van der Waals surface area (Å²) in [5, 5.41) is 3.39. The van der Waals surface area contributed by atoms with Gasteiger partial charge in [-0.05, 0) is 29.3 Å². The minimum absolute atomic E-state index is 0.486. The summed E-state index contributed by atoms with van der Waals surface area (Å²) in [7, 11) is 0. The van der Waals surface area contributed by atoms with E-state index < -0.39 is 0 Å². The van der Waals surface area contributed by atoms with Gasteiger partial charge in [0.2, 0.25) is 0 Å². The van der Waals surface area contributed by atoms with Crippen molar-refractivity contribution in [1.29, 1.82) is 0 Å². The van der Waals surface area contributed by atoms with Crippen LogP contribution in [0.2, 0.25) is 0 Å². The Balaban J connectivity index is 2.17. The van der Waals surface area contributed by atoms with Crippen molar-refractivity contribution in [2.24, 2.45) is 0 Å². The summed E-state index contributed by atoms with van der Waals surface area (Å²) in [4.78, 5) is 8.30. The Kier molecular flexibility index (Phi) is 3.83. The van der Waals surface area contributed by atoms with Crippen molar-refractivity contribution in [3.63, 3.8) is 0 Å². The second-order valence-electron chi connectivity index (χ2n) is 4.35. The molecular formula is C14H17N3. The van der Waals surface area contributed by atoms with E-state index in [0.29, 0.717) is 6.04 Å². The Morgan fingerprint density at radius 3 is 2.53 bits per heavy atom. The molecule has 17 heavy (non-hydrogen) atoms. The molecule has 0 aliphatic heterocycles. The van der Waals surface area contributed by atoms with E-state index in [2.05, 4.69) is 35.2 Å². The molecule has 0 aliphatic rings. The van der Waals surface area contributed by atoms with Crippen LogP contribution < -0.4 is 5.32 Å². The van der Waals surface area contributed by atoms with E-state index in [4.69, 9.17) is 0 Å². The summed E-state index contributed by atoms with van der Waals surface area (Å²) in [5.41, 5.74) is 3.49. The van der Waals surface area contributed by atoms with Crippen molar-refractivity contribution in [2.45, 2.75) is 26.4 Å². The monoisotopic (exact) mass is 227 g/mol. The lowest BCUT2D eigenvalue weighted by molar-refractivity contribution is 0.588. The van der Waals surface area contributed by atoms with Crippen LogP contribution in [0.15, 0.2) is 43.0 Å². The zero-order valence-electron chi connectivity index (χ0n) is 10.2. The Morgan fingerprint density at radius 1 is 1.06 bits per heavy atom. The molecule has 0 radical (unpaired) electrons. The molecule has 0 aliphatic carbocycles. The molecule has 3 nitrogen and oxygen atoms in total. The van der Waals surface area contributed by atoms with Gasteiger partial charge in [-0.1, -0.05) is 13.8 Å². The first-order valence-corrected chi connectivity index (χ1v) is 5.83. The Hall–Kier alpha value is -1.74. The highest BCUT2D eigenvalue weighted by atomic mass is 14.9. The van der Waals surface area contributed by atoms with E-state index >= 15 is 0 Å². The number of hydrogen-bond donors (Lipinski definition) is 1. The summed E-state index contributed by atoms with van der Waals surface area (Å²) < 4.78 is 0. The number of nitrogens with zero attached hydrogens (tertiary/aromatic N) is 2. The topological polar surface area (TPSA) is 37.8 Å². The zero-order valence-corrected chi connectivity index (χ0v) is 10.2. The molecule has 0 bridgehead atoms. The van der Waals surface area contributed by atoms with E-state index in [0.717, 1.165) is 17.7 Å². The standard InChI is InChI=1S/C14H17N3/c1-11(2)17-9-12-7-14(10-16-8-12)13-3-5-15-6-4-13/h3-8,10-11,17H,9H2,1-2H3. The maximum atomic E-state index is 4.28. The highest BCUT2D eigenvalue weighted by Crippen LogP contribution is 2.18. The normalized spacial score (nSPS) is 10.8. The van der Waals surface area contributed by atoms with Crippen LogP contribution in [-0.2, 0) is 6.54 Å². The SMILES string of the molecule is CC(C)NCc1cncc(-c2ccncc2)c1. The average molecular weight is 227 g/mol. The first-order chi connectivity index (χ1) is 8.25. The molecule has 3 heteroatoms. The molecule has 0 aromatic carbocycles. The number of nitrogens with one attached hydrogen (secondary N) is 1. The van der Waals surface area contributed by atoms with E-state index in [1.54, 1.807) is 12.4 Å². The molecule has 2 rings (SSSR count). The molecule has 0 fully saturated rings. The minimum atomic E-state index is 0.486. The third kappa shape index (κ3) is 3.36. The smallest absolute Gasteiger partial charge is 0.0346 e. The number of rotatable bonds is 4. The van der Waals surface area contributed by atoms with Gasteiger partial charge in [0.05, 0.1) is 0 Å². The van der Waals surface area contributed by atoms with E-state index in [9.17, 15) is 0 Å². The van der Waals surface area contributed by atoms with E-state index in [1.165, 1.54) is 5.56 Å². The van der Waals surface area contributed by atoms with Gasteiger partial charge >= 0.3 is 0 Å². The van der Waals surface area contributed by atoms with E-state index in [1.807, 2.05) is 24.5 Å². The third-order valence-electron chi connectivity index (χ3n) is 2.52. The van der Waals surface area contributed by atoms with Gasteiger partial charge in [-0.15, -0.1) is 0 Å². The van der Waals surface area contributed by atoms with Crippen molar-refractivity contribution in [2.75, 3.05) is 0 Å². The van der Waals surface area contributed by atoms with Crippen molar-refractivity contribution >= 4 is 0 Å². The molecule has 0 unspecified atom stereocenters. The van der Waals surface area contributed by atoms with Crippen molar-refractivity contribution in [3.8, 4) is 11.1 Å². The van der Waals surface area contributed by atoms with Gasteiger partial charge < -0.3 is 5.32 Å². The van der Waals surface area contributed by atoms with Gasteiger partial charge in [-0.2, -0.15) is 0 Å². The van der Waals surface area contributed by atoms with Crippen LogP contribution in [-0.4, -0.2) is 16.0 Å². The maximum Gasteiger partial charge on any atom is 0.0346 e. The quantitative estimate of drug-likeness (QED) is 0.872. The molecule has 0 amide bonds. The minimum Gasteiger partial charge on any atom is -0.310 e. The molecule has 0 atom stereocenters. The fraction of sp³-hybridized carbons (Fsp3) is 0.286. The predicted molar refractivity (Wildman–Crippen MR) is 69.4 cm³/mol. The largest absolute Gasteiger partial charge is 0.310 e. The molecular weight excluding hydrogens is 210 g/mol. The van der Waals surface area contributed by atoms with Crippen LogP contribution in [0.3, 0.4) is 0 Å². The molecule has 2 heterocycles. The lowest BCUT2D eigenvalue weighted by Crippen LogP contribution is -2.21. The predicted octanol–water partition coefficient (Wildman–Crippen LogP) is 2.64. The summed E-state index contributed by atoms with van der Waals surface area (Å²) in [6.45, 7) is 5.13. The van der Waals surface area contributed by atoms with Crippen LogP contribution in [0.5, 0.6) is 0 Å². The summed E-state index contributed by atoms with van der Waals surface area (Å²) in [6, 6.07) is 6.64. The van der Waals surface area contributed by atoms with Crippen LogP contribution >= 0.6 is 0 Å². The molecule has 2 aromatic rings. The molecule has 0 saturated carbocycles. The third-order valence-corrected chi connectivity index (χ3v) is 2.52. The molecule has 88 valence electrons. The highest BCUT2D eigenvalue weighted by Gasteiger charge is 2.00. The summed E-state index contributed by atoms with van der Waals surface area (Å²) >= 11 is 0. The van der Waals surface area contributed by atoms with Gasteiger partial charge in [0.25, 0.3) is 0 Å². The van der Waals surface area contributed by atoms with Gasteiger partial charge in [0, 0.05) is 42.9 Å². The molecule has 0 saturated heterocycles. The number of pyridine rings is 2. The summed E-state index contributed by atoms with van der Waals surface area (Å²) in [6.07, 6.45) is 7.39. The fourth-order valence-electron chi connectivity index (χ4n) is 1.61. The second-order valence-corrected chi connectivity index (χ2v) is 4.35. The van der Waals surface area contributed by atoms with Crippen molar-refractivity contribution in [3.05, 3.63) is 48.5 Å². The van der Waals surface area contributed by atoms with Crippen LogP contribution in [0.25, 0.3) is 11.1 Å². The lowest BCUT2D eigenvalue weighted by Gasteiger charge is -2.09. The first-order valence-electron chi connectivity index (χ1n) is 5.83. The zero-order chi connectivity index (χ0) is 12.1. The van der Waals surface area contributed by atoms with Gasteiger partial charge in [0.1, 0.15) is 0 Å². The van der Waals surface area contributed by atoms with Crippen LogP contribution in [0.4, 0.5) is 0 Å². The Labute approximate surface area is 102 Å². The number of hydrogen-bond acceptors (Lipinski definition) is 3. The van der Waals surface area contributed by atoms with Gasteiger partial charge in [-0.25, -0.2) is 0 Å². The van der Waals surface area contributed by atoms with Crippen molar-refractivity contribution < 1.29 is 0 Å². The van der Waals surface area contributed by atoms with E-state index in [-0.39, 0.29) is 0 Å².